The molecule has 1 unspecified atom stereocenters. The fourth-order valence-corrected chi connectivity index (χ4v) is 2.68. The van der Waals surface area contributed by atoms with Gasteiger partial charge in [-0.15, -0.1) is 0 Å². The van der Waals surface area contributed by atoms with Gasteiger partial charge in [0.05, 0.1) is 0 Å². The molecule has 0 N–H and O–H groups in total. The molecule has 20 heavy (non-hydrogen) atoms. The minimum Gasteiger partial charge on any atom is -0.483 e. The third-order valence-corrected chi connectivity index (χ3v) is 4.07. The summed E-state index contributed by atoms with van der Waals surface area (Å²) >= 11 is 0. The zero-order chi connectivity index (χ0) is 14.4. The van der Waals surface area contributed by atoms with Crippen molar-refractivity contribution in [1.82, 2.24) is 4.90 Å². The highest BCUT2D eigenvalue weighted by atomic mass is 16.5. The monoisotopic (exact) mass is 275 g/mol. The average Bonchev–Trinajstić information content (AvgIpc) is 2.70. The third kappa shape index (κ3) is 3.99. The second-order valence-electron chi connectivity index (χ2n) is 5.67. The van der Waals surface area contributed by atoms with E-state index in [1.165, 1.54) is 6.42 Å². The van der Waals surface area contributed by atoms with E-state index in [4.69, 9.17) is 4.74 Å². The van der Waals surface area contributed by atoms with Gasteiger partial charge in [0.2, 0.25) is 0 Å². The molecule has 1 fully saturated rings. The van der Waals surface area contributed by atoms with E-state index in [0.717, 1.165) is 49.6 Å². The lowest BCUT2D eigenvalue weighted by Crippen LogP contribution is -2.35. The number of benzene rings is 1. The molecule has 1 amide bonds. The number of rotatable bonds is 4. The zero-order valence-electron chi connectivity index (χ0n) is 12.6. The van der Waals surface area contributed by atoms with Gasteiger partial charge in [-0.25, -0.2) is 0 Å². The maximum atomic E-state index is 12.2. The zero-order valence-corrected chi connectivity index (χ0v) is 12.6. The van der Waals surface area contributed by atoms with Gasteiger partial charge in [0, 0.05) is 13.1 Å². The maximum absolute atomic E-state index is 12.2. The van der Waals surface area contributed by atoms with E-state index in [9.17, 15) is 4.79 Å². The van der Waals surface area contributed by atoms with Crippen molar-refractivity contribution in [2.24, 2.45) is 5.92 Å². The Morgan fingerprint density at radius 2 is 2.10 bits per heavy atom. The topological polar surface area (TPSA) is 29.5 Å². The molecule has 0 saturated carbocycles. The van der Waals surface area contributed by atoms with Gasteiger partial charge < -0.3 is 9.64 Å². The van der Waals surface area contributed by atoms with E-state index in [1.807, 2.05) is 29.2 Å². The van der Waals surface area contributed by atoms with Crippen LogP contribution < -0.4 is 4.74 Å². The molecule has 1 aliphatic rings. The van der Waals surface area contributed by atoms with Crippen molar-refractivity contribution in [3.8, 4) is 5.75 Å². The van der Waals surface area contributed by atoms with Gasteiger partial charge in [0.15, 0.2) is 6.61 Å². The molecule has 1 aromatic rings. The predicted octanol–water partition coefficient (Wildman–Crippen LogP) is 3.28. The van der Waals surface area contributed by atoms with Gasteiger partial charge in [0.1, 0.15) is 5.75 Å². The summed E-state index contributed by atoms with van der Waals surface area (Å²) in [5.41, 5.74) is 1.16. The van der Waals surface area contributed by atoms with E-state index in [2.05, 4.69) is 13.8 Å². The highest BCUT2D eigenvalue weighted by Crippen LogP contribution is 2.19. The minimum atomic E-state index is 0.116. The van der Waals surface area contributed by atoms with E-state index in [0.29, 0.717) is 0 Å². The molecule has 1 aromatic carbocycles. The van der Waals surface area contributed by atoms with Crippen LogP contribution in [0.1, 0.15) is 38.7 Å². The van der Waals surface area contributed by atoms with Gasteiger partial charge in [-0.3, -0.25) is 4.79 Å². The van der Waals surface area contributed by atoms with Crippen LogP contribution in [0, 0.1) is 5.92 Å². The van der Waals surface area contributed by atoms with Crippen LogP contribution in [-0.2, 0) is 11.2 Å². The summed E-state index contributed by atoms with van der Waals surface area (Å²) in [4.78, 5) is 14.2. The van der Waals surface area contributed by atoms with Crippen molar-refractivity contribution in [3.63, 3.8) is 0 Å². The largest absolute Gasteiger partial charge is 0.483 e. The number of likely N-dealkylation sites (tertiary alicyclic amines) is 1. The molecule has 1 aliphatic heterocycles. The lowest BCUT2D eigenvalue weighted by molar-refractivity contribution is -0.133. The van der Waals surface area contributed by atoms with Crippen LogP contribution in [0.4, 0.5) is 0 Å². The van der Waals surface area contributed by atoms with Gasteiger partial charge in [-0.1, -0.05) is 32.0 Å². The molecule has 0 radical (unpaired) electrons. The quantitative estimate of drug-likeness (QED) is 0.844. The Hall–Kier alpha value is -1.51. The summed E-state index contributed by atoms with van der Waals surface area (Å²) in [6.07, 6.45) is 4.37. The fraction of sp³-hybridized carbons (Fsp3) is 0.588. The molecule has 0 bridgehead atoms. The van der Waals surface area contributed by atoms with E-state index >= 15 is 0 Å². The molecular weight excluding hydrogens is 250 g/mol. The van der Waals surface area contributed by atoms with Crippen molar-refractivity contribution >= 4 is 5.91 Å². The first-order valence-electron chi connectivity index (χ1n) is 7.69. The number of hydrogen-bond donors (Lipinski definition) is 0. The molecule has 1 heterocycles. The van der Waals surface area contributed by atoms with Crippen LogP contribution in [0.3, 0.4) is 0 Å². The summed E-state index contributed by atoms with van der Waals surface area (Å²) in [6.45, 7) is 6.27. The number of aryl methyl sites for hydroxylation is 1. The second kappa shape index (κ2) is 7.32. The number of ether oxygens (including phenoxy) is 1. The van der Waals surface area contributed by atoms with Crippen LogP contribution in [0.25, 0.3) is 0 Å². The average molecular weight is 275 g/mol. The summed E-state index contributed by atoms with van der Waals surface area (Å²) in [7, 11) is 0. The van der Waals surface area contributed by atoms with Crippen LogP contribution in [0.2, 0.25) is 0 Å². The summed E-state index contributed by atoms with van der Waals surface area (Å²) in [5, 5.41) is 0. The second-order valence-corrected chi connectivity index (χ2v) is 5.67. The highest BCUT2D eigenvalue weighted by molar-refractivity contribution is 5.77. The van der Waals surface area contributed by atoms with Gasteiger partial charge in [-0.05, 0) is 43.2 Å². The Bertz CT molecular complexity index is 444. The lowest BCUT2D eigenvalue weighted by Gasteiger charge is -2.21. The Morgan fingerprint density at radius 3 is 2.90 bits per heavy atom. The number of carbonyl (C=O) groups is 1. The number of nitrogens with zero attached hydrogens (tertiary/aromatic N) is 1. The van der Waals surface area contributed by atoms with Crippen molar-refractivity contribution in [2.75, 3.05) is 19.7 Å². The molecule has 3 nitrogen and oxygen atoms in total. The molecule has 2 rings (SSSR count). The molecule has 0 aliphatic carbocycles. The van der Waals surface area contributed by atoms with E-state index in [-0.39, 0.29) is 12.5 Å². The molecular formula is C17H25NO2. The SMILES string of the molecule is CCc1ccccc1OCC(=O)N1CCCC(C)CC1. The lowest BCUT2D eigenvalue weighted by atomic mass is 10.0. The molecule has 110 valence electrons. The van der Waals surface area contributed by atoms with Crippen LogP contribution in [0.5, 0.6) is 5.75 Å². The predicted molar refractivity (Wildman–Crippen MR) is 80.9 cm³/mol. The first-order chi connectivity index (χ1) is 9.70. The molecule has 1 saturated heterocycles. The highest BCUT2D eigenvalue weighted by Gasteiger charge is 2.18. The molecule has 1 atom stereocenters. The number of carbonyl (C=O) groups excluding carboxylic acids is 1. The van der Waals surface area contributed by atoms with Crippen molar-refractivity contribution in [1.29, 1.82) is 0 Å². The first-order valence-corrected chi connectivity index (χ1v) is 7.69. The summed E-state index contributed by atoms with van der Waals surface area (Å²) in [5.74, 6) is 1.69. The Kier molecular flexibility index (Phi) is 5.45. The van der Waals surface area contributed by atoms with Gasteiger partial charge >= 0.3 is 0 Å². The first kappa shape index (κ1) is 14.9. The van der Waals surface area contributed by atoms with Crippen molar-refractivity contribution < 1.29 is 9.53 Å². The Balaban J connectivity index is 1.88. The maximum Gasteiger partial charge on any atom is 0.260 e. The number of para-hydroxylation sites is 1. The Labute approximate surface area is 121 Å². The Morgan fingerprint density at radius 1 is 1.30 bits per heavy atom. The van der Waals surface area contributed by atoms with Gasteiger partial charge in [-0.2, -0.15) is 0 Å². The van der Waals surface area contributed by atoms with E-state index < -0.39 is 0 Å². The standard InChI is InChI=1S/C17H25NO2/c1-3-15-8-4-5-9-16(15)20-13-17(19)18-11-6-7-14(2)10-12-18/h4-5,8-9,14H,3,6-7,10-13H2,1-2H3. The minimum absolute atomic E-state index is 0.116. The van der Waals surface area contributed by atoms with Crippen LogP contribution in [0.15, 0.2) is 24.3 Å². The van der Waals surface area contributed by atoms with Crippen molar-refractivity contribution in [3.05, 3.63) is 29.8 Å². The molecule has 0 aromatic heterocycles. The summed E-state index contributed by atoms with van der Waals surface area (Å²) in [6, 6.07) is 7.94. The number of hydrogen-bond acceptors (Lipinski definition) is 2. The van der Waals surface area contributed by atoms with Crippen LogP contribution in [-0.4, -0.2) is 30.5 Å². The van der Waals surface area contributed by atoms with E-state index in [1.54, 1.807) is 0 Å². The normalized spacial score (nSPS) is 19.5. The smallest absolute Gasteiger partial charge is 0.260 e. The molecule has 0 spiro atoms. The van der Waals surface area contributed by atoms with Crippen molar-refractivity contribution in [2.45, 2.75) is 39.5 Å². The third-order valence-electron chi connectivity index (χ3n) is 4.07. The molecule has 3 heteroatoms. The summed E-state index contributed by atoms with van der Waals surface area (Å²) < 4.78 is 5.72. The van der Waals surface area contributed by atoms with Crippen LogP contribution >= 0.6 is 0 Å². The number of amides is 1. The fourth-order valence-electron chi connectivity index (χ4n) is 2.68. The van der Waals surface area contributed by atoms with Gasteiger partial charge in [0.25, 0.3) is 5.91 Å².